The Labute approximate surface area is 102 Å². The fourth-order valence-corrected chi connectivity index (χ4v) is 1.26. The van der Waals surface area contributed by atoms with Gasteiger partial charge in [0.15, 0.2) is 0 Å². The molecule has 0 radical (unpaired) electrons. The number of amides is 1. The standard InChI is InChI=1S/C12H9FN2O3/c13-8-1-4-10(5-2-8)18-11-6-3-9(7-14-11)15-12(16)17/h1-7,15H,(H,16,17). The second-order valence-electron chi connectivity index (χ2n) is 3.37. The second kappa shape index (κ2) is 5.13. The zero-order valence-corrected chi connectivity index (χ0v) is 9.13. The molecule has 0 aliphatic heterocycles. The second-order valence-corrected chi connectivity index (χ2v) is 3.37. The van der Waals surface area contributed by atoms with Crippen LogP contribution in [0.2, 0.25) is 0 Å². The lowest BCUT2D eigenvalue weighted by molar-refractivity contribution is 0.209. The Balaban J connectivity index is 2.06. The van der Waals surface area contributed by atoms with Crippen molar-refractivity contribution in [2.24, 2.45) is 0 Å². The minimum Gasteiger partial charge on any atom is -0.465 e. The van der Waals surface area contributed by atoms with Crippen molar-refractivity contribution in [1.82, 2.24) is 4.98 Å². The molecule has 18 heavy (non-hydrogen) atoms. The van der Waals surface area contributed by atoms with Crippen molar-refractivity contribution in [1.29, 1.82) is 0 Å². The first-order valence-corrected chi connectivity index (χ1v) is 5.03. The van der Waals surface area contributed by atoms with E-state index in [0.717, 1.165) is 0 Å². The molecular formula is C12H9FN2O3. The number of carbonyl (C=O) groups is 1. The molecule has 2 N–H and O–H groups in total. The van der Waals surface area contributed by atoms with Crippen LogP contribution in [0.5, 0.6) is 11.6 Å². The Morgan fingerprint density at radius 3 is 2.50 bits per heavy atom. The summed E-state index contributed by atoms with van der Waals surface area (Å²) in [7, 11) is 0. The van der Waals surface area contributed by atoms with Crippen LogP contribution < -0.4 is 10.1 Å². The summed E-state index contributed by atoms with van der Waals surface area (Å²) < 4.78 is 18.0. The Bertz CT molecular complexity index is 540. The van der Waals surface area contributed by atoms with E-state index >= 15 is 0 Å². The largest absolute Gasteiger partial charge is 0.465 e. The molecule has 1 aromatic heterocycles. The smallest absolute Gasteiger partial charge is 0.409 e. The molecule has 0 bridgehead atoms. The van der Waals surface area contributed by atoms with E-state index in [1.807, 2.05) is 0 Å². The van der Waals surface area contributed by atoms with Crippen molar-refractivity contribution in [3.05, 3.63) is 48.4 Å². The average Bonchev–Trinajstić information content (AvgIpc) is 2.34. The summed E-state index contributed by atoms with van der Waals surface area (Å²) in [5.41, 5.74) is 0.342. The van der Waals surface area contributed by atoms with E-state index < -0.39 is 6.09 Å². The summed E-state index contributed by atoms with van der Waals surface area (Å²) in [4.78, 5) is 14.3. The van der Waals surface area contributed by atoms with E-state index in [2.05, 4.69) is 10.3 Å². The van der Waals surface area contributed by atoms with Crippen molar-refractivity contribution in [3.63, 3.8) is 0 Å². The number of nitrogens with one attached hydrogen (secondary N) is 1. The predicted molar refractivity (Wildman–Crippen MR) is 62.4 cm³/mol. The maximum absolute atomic E-state index is 12.7. The molecule has 92 valence electrons. The van der Waals surface area contributed by atoms with E-state index in [1.54, 1.807) is 0 Å². The van der Waals surface area contributed by atoms with Gasteiger partial charge in [-0.25, -0.2) is 14.2 Å². The van der Waals surface area contributed by atoms with Crippen molar-refractivity contribution in [3.8, 4) is 11.6 Å². The van der Waals surface area contributed by atoms with Gasteiger partial charge in [0.25, 0.3) is 0 Å². The van der Waals surface area contributed by atoms with E-state index in [1.165, 1.54) is 42.6 Å². The number of nitrogens with zero attached hydrogens (tertiary/aromatic N) is 1. The molecule has 0 spiro atoms. The van der Waals surface area contributed by atoms with Crippen LogP contribution in [0.15, 0.2) is 42.6 Å². The summed E-state index contributed by atoms with van der Waals surface area (Å²) >= 11 is 0. The van der Waals surface area contributed by atoms with Crippen molar-refractivity contribution in [2.45, 2.75) is 0 Å². The van der Waals surface area contributed by atoms with Crippen LogP contribution in [0.3, 0.4) is 0 Å². The summed E-state index contributed by atoms with van der Waals surface area (Å²) in [6.45, 7) is 0. The molecular weight excluding hydrogens is 239 g/mol. The number of benzene rings is 1. The van der Waals surface area contributed by atoms with E-state index in [-0.39, 0.29) is 11.7 Å². The molecule has 1 heterocycles. The van der Waals surface area contributed by atoms with Crippen molar-refractivity contribution >= 4 is 11.8 Å². The van der Waals surface area contributed by atoms with Crippen LogP contribution in [-0.4, -0.2) is 16.2 Å². The average molecular weight is 248 g/mol. The molecule has 0 atom stereocenters. The van der Waals surface area contributed by atoms with Gasteiger partial charge < -0.3 is 9.84 Å². The first-order chi connectivity index (χ1) is 8.63. The summed E-state index contributed by atoms with van der Waals surface area (Å²) in [5, 5.41) is 10.6. The maximum Gasteiger partial charge on any atom is 0.409 e. The molecule has 0 unspecified atom stereocenters. The first kappa shape index (κ1) is 11.8. The van der Waals surface area contributed by atoms with Gasteiger partial charge in [0.1, 0.15) is 11.6 Å². The Morgan fingerprint density at radius 2 is 1.94 bits per heavy atom. The lowest BCUT2D eigenvalue weighted by atomic mass is 10.3. The molecule has 6 heteroatoms. The quantitative estimate of drug-likeness (QED) is 0.875. The predicted octanol–water partition coefficient (Wildman–Crippen LogP) is 3.10. The third-order valence-electron chi connectivity index (χ3n) is 2.02. The van der Waals surface area contributed by atoms with Crippen LogP contribution in [0, 0.1) is 5.82 Å². The number of anilines is 1. The monoisotopic (exact) mass is 248 g/mol. The highest BCUT2D eigenvalue weighted by molar-refractivity contribution is 5.82. The first-order valence-electron chi connectivity index (χ1n) is 5.03. The van der Waals surface area contributed by atoms with Gasteiger partial charge in [-0.3, -0.25) is 5.32 Å². The number of halogens is 1. The van der Waals surface area contributed by atoms with Gasteiger partial charge in [0.05, 0.1) is 11.9 Å². The molecule has 5 nitrogen and oxygen atoms in total. The van der Waals surface area contributed by atoms with E-state index in [0.29, 0.717) is 11.4 Å². The number of aromatic nitrogens is 1. The molecule has 0 saturated carbocycles. The van der Waals surface area contributed by atoms with Crippen LogP contribution in [0.25, 0.3) is 0 Å². The van der Waals surface area contributed by atoms with Crippen molar-refractivity contribution < 1.29 is 19.0 Å². The number of ether oxygens (including phenoxy) is 1. The van der Waals surface area contributed by atoms with Gasteiger partial charge in [-0.1, -0.05) is 0 Å². The van der Waals surface area contributed by atoms with Crippen LogP contribution in [-0.2, 0) is 0 Å². The molecule has 2 aromatic rings. The minimum atomic E-state index is -1.16. The Morgan fingerprint density at radius 1 is 1.22 bits per heavy atom. The van der Waals surface area contributed by atoms with Gasteiger partial charge in [-0.2, -0.15) is 0 Å². The fraction of sp³-hybridized carbons (Fsp3) is 0. The van der Waals surface area contributed by atoms with Gasteiger partial charge in [-0.05, 0) is 30.3 Å². The molecule has 1 amide bonds. The fourth-order valence-electron chi connectivity index (χ4n) is 1.26. The zero-order valence-electron chi connectivity index (χ0n) is 9.13. The molecule has 1 aromatic carbocycles. The molecule has 0 fully saturated rings. The molecule has 2 rings (SSSR count). The van der Waals surface area contributed by atoms with Gasteiger partial charge >= 0.3 is 6.09 Å². The lowest BCUT2D eigenvalue weighted by Crippen LogP contribution is -2.07. The SMILES string of the molecule is O=C(O)Nc1ccc(Oc2ccc(F)cc2)nc1. The number of hydrogen-bond donors (Lipinski definition) is 2. The highest BCUT2D eigenvalue weighted by Gasteiger charge is 2.01. The summed E-state index contributed by atoms with van der Waals surface area (Å²) in [6, 6.07) is 8.51. The number of rotatable bonds is 3. The van der Waals surface area contributed by atoms with Crippen LogP contribution in [0.4, 0.5) is 14.9 Å². The highest BCUT2D eigenvalue weighted by Crippen LogP contribution is 2.20. The molecule has 0 aliphatic carbocycles. The molecule has 0 aliphatic rings. The normalized spacial score (nSPS) is 9.83. The number of hydrogen-bond acceptors (Lipinski definition) is 3. The topological polar surface area (TPSA) is 71.5 Å². The summed E-state index contributed by atoms with van der Waals surface area (Å²) in [5.74, 6) is 0.386. The zero-order chi connectivity index (χ0) is 13.0. The van der Waals surface area contributed by atoms with E-state index in [4.69, 9.17) is 9.84 Å². The highest BCUT2D eigenvalue weighted by atomic mass is 19.1. The van der Waals surface area contributed by atoms with Gasteiger partial charge in [-0.15, -0.1) is 0 Å². The van der Waals surface area contributed by atoms with Crippen molar-refractivity contribution in [2.75, 3.05) is 5.32 Å². The van der Waals surface area contributed by atoms with Gasteiger partial charge in [0.2, 0.25) is 5.88 Å². The third kappa shape index (κ3) is 3.18. The Kier molecular flexibility index (Phi) is 3.38. The Hall–Kier alpha value is -2.63. The van der Waals surface area contributed by atoms with Crippen LogP contribution >= 0.6 is 0 Å². The molecule has 0 saturated heterocycles. The van der Waals surface area contributed by atoms with E-state index in [9.17, 15) is 9.18 Å². The summed E-state index contributed by atoms with van der Waals surface area (Å²) in [6.07, 6.45) is 0.163. The van der Waals surface area contributed by atoms with Crippen LogP contribution in [0.1, 0.15) is 0 Å². The minimum absolute atomic E-state index is 0.289. The number of pyridine rings is 1. The number of carboxylic acid groups (broad SMARTS) is 1. The van der Waals surface area contributed by atoms with Gasteiger partial charge in [0, 0.05) is 6.07 Å². The third-order valence-corrected chi connectivity index (χ3v) is 2.02. The maximum atomic E-state index is 12.7. The lowest BCUT2D eigenvalue weighted by Gasteiger charge is -2.05.